The molecule has 0 aliphatic carbocycles. The molecule has 116 valence electrons. The van der Waals surface area contributed by atoms with Gasteiger partial charge in [0.1, 0.15) is 0 Å². The molecule has 3 nitrogen and oxygen atoms in total. The Kier molecular flexibility index (Phi) is 5.70. The summed E-state index contributed by atoms with van der Waals surface area (Å²) in [5, 5.41) is 1.38. The second kappa shape index (κ2) is 7.34. The first-order valence-corrected chi connectivity index (χ1v) is 7.80. The highest BCUT2D eigenvalue weighted by Gasteiger charge is 2.21. The smallest absolute Gasteiger partial charge is 0.259 e. The number of nitrogens with two attached hydrogens (primary N) is 1. The van der Waals surface area contributed by atoms with E-state index in [0.717, 1.165) is 0 Å². The molecule has 2 aromatic rings. The van der Waals surface area contributed by atoms with E-state index in [4.69, 9.17) is 40.5 Å². The van der Waals surface area contributed by atoms with Gasteiger partial charge in [0.15, 0.2) is 0 Å². The third-order valence-electron chi connectivity index (χ3n) is 3.02. The number of amides is 1. The zero-order valence-electron chi connectivity index (χ0n) is 11.9. The fourth-order valence-corrected chi connectivity index (χ4v) is 2.64. The molecule has 1 unspecified atom stereocenters. The fourth-order valence-electron chi connectivity index (χ4n) is 2.02. The van der Waals surface area contributed by atoms with Crippen molar-refractivity contribution >= 4 is 46.4 Å². The van der Waals surface area contributed by atoms with E-state index in [9.17, 15) is 4.79 Å². The van der Waals surface area contributed by atoms with Gasteiger partial charge in [-0.25, -0.2) is 0 Å². The molecule has 22 heavy (non-hydrogen) atoms. The van der Waals surface area contributed by atoms with Gasteiger partial charge < -0.3 is 10.6 Å². The number of carbonyl (C=O) groups excluding carboxylic acids is 1. The molecule has 6 heteroatoms. The first-order chi connectivity index (χ1) is 10.4. The van der Waals surface area contributed by atoms with Gasteiger partial charge in [-0.3, -0.25) is 4.79 Å². The highest BCUT2D eigenvalue weighted by molar-refractivity contribution is 6.37. The minimum Gasteiger partial charge on any atom is -0.326 e. The number of nitrogens with zero attached hydrogens (tertiary/aromatic N) is 1. The highest BCUT2D eigenvalue weighted by Crippen LogP contribution is 2.25. The molecule has 2 rings (SSSR count). The monoisotopic (exact) mass is 356 g/mol. The molecule has 0 spiro atoms. The summed E-state index contributed by atoms with van der Waals surface area (Å²) in [6.07, 6.45) is 0. The van der Waals surface area contributed by atoms with Crippen LogP contribution < -0.4 is 10.6 Å². The topological polar surface area (TPSA) is 46.3 Å². The molecular formula is C16H15Cl3N2O. The third-order valence-corrected chi connectivity index (χ3v) is 3.82. The summed E-state index contributed by atoms with van der Waals surface area (Å²) in [7, 11) is 0. The molecule has 0 aromatic heterocycles. The van der Waals surface area contributed by atoms with Gasteiger partial charge in [-0.1, -0.05) is 34.8 Å². The number of hydrogen-bond donors (Lipinski definition) is 1. The average molecular weight is 358 g/mol. The summed E-state index contributed by atoms with van der Waals surface area (Å²) < 4.78 is 0. The van der Waals surface area contributed by atoms with Gasteiger partial charge in [-0.2, -0.15) is 0 Å². The fraction of sp³-hybridized carbons (Fsp3) is 0.188. The maximum Gasteiger partial charge on any atom is 0.259 e. The SMILES string of the molecule is CC(N)CN(C(=O)c1ccc(Cl)cc1Cl)c1ccc(Cl)cc1. The van der Waals surface area contributed by atoms with Gasteiger partial charge >= 0.3 is 0 Å². The lowest BCUT2D eigenvalue weighted by molar-refractivity contribution is 0.0986. The van der Waals surface area contributed by atoms with Crippen LogP contribution in [0, 0.1) is 0 Å². The summed E-state index contributed by atoms with van der Waals surface area (Å²) in [6.45, 7) is 2.19. The average Bonchev–Trinajstić information content (AvgIpc) is 2.45. The zero-order valence-corrected chi connectivity index (χ0v) is 14.2. The molecule has 1 amide bonds. The Morgan fingerprint density at radius 1 is 1.09 bits per heavy atom. The van der Waals surface area contributed by atoms with E-state index in [1.165, 1.54) is 0 Å². The summed E-state index contributed by atoms with van der Waals surface area (Å²) in [5.41, 5.74) is 6.95. The lowest BCUT2D eigenvalue weighted by Gasteiger charge is -2.25. The molecule has 0 aliphatic heterocycles. The normalized spacial score (nSPS) is 12.0. The Balaban J connectivity index is 2.40. The van der Waals surface area contributed by atoms with Crippen LogP contribution in [0.1, 0.15) is 17.3 Å². The number of halogens is 3. The van der Waals surface area contributed by atoms with Crippen LogP contribution in [0.2, 0.25) is 15.1 Å². The lowest BCUT2D eigenvalue weighted by Crippen LogP contribution is -2.40. The molecule has 0 fully saturated rings. The van der Waals surface area contributed by atoms with Crippen molar-refractivity contribution < 1.29 is 4.79 Å². The van der Waals surface area contributed by atoms with Crippen molar-refractivity contribution in [3.8, 4) is 0 Å². The Hall–Kier alpha value is -1.26. The molecule has 0 saturated heterocycles. The first kappa shape index (κ1) is 17.1. The van der Waals surface area contributed by atoms with Gasteiger partial charge in [0.2, 0.25) is 0 Å². The lowest BCUT2D eigenvalue weighted by atomic mass is 10.1. The largest absolute Gasteiger partial charge is 0.326 e. The number of anilines is 1. The van der Waals surface area contributed by atoms with Crippen LogP contribution in [-0.2, 0) is 0 Å². The van der Waals surface area contributed by atoms with Crippen LogP contribution in [0.25, 0.3) is 0 Å². The predicted molar refractivity (Wildman–Crippen MR) is 93.2 cm³/mol. The molecule has 0 aliphatic rings. The minimum absolute atomic E-state index is 0.189. The van der Waals surface area contributed by atoms with Gasteiger partial charge in [0.25, 0.3) is 5.91 Å². The number of hydrogen-bond acceptors (Lipinski definition) is 2. The van der Waals surface area contributed by atoms with E-state index in [2.05, 4.69) is 0 Å². The van der Waals surface area contributed by atoms with Crippen molar-refractivity contribution in [1.82, 2.24) is 0 Å². The van der Waals surface area contributed by atoms with Crippen molar-refractivity contribution in [2.75, 3.05) is 11.4 Å². The number of rotatable bonds is 4. The molecular weight excluding hydrogens is 343 g/mol. The van der Waals surface area contributed by atoms with E-state index in [1.54, 1.807) is 47.4 Å². The zero-order chi connectivity index (χ0) is 16.3. The Labute approximate surface area is 144 Å². The molecule has 0 heterocycles. The van der Waals surface area contributed by atoms with E-state index < -0.39 is 0 Å². The summed E-state index contributed by atoms with van der Waals surface area (Å²) in [5.74, 6) is -0.235. The molecule has 0 bridgehead atoms. The Morgan fingerprint density at radius 2 is 1.68 bits per heavy atom. The van der Waals surface area contributed by atoms with E-state index >= 15 is 0 Å². The number of benzene rings is 2. The van der Waals surface area contributed by atoms with Crippen LogP contribution in [0.15, 0.2) is 42.5 Å². The van der Waals surface area contributed by atoms with Crippen molar-refractivity contribution in [3.05, 3.63) is 63.1 Å². The quantitative estimate of drug-likeness (QED) is 0.866. The molecule has 2 aromatic carbocycles. The molecule has 1 atom stereocenters. The van der Waals surface area contributed by atoms with E-state index in [0.29, 0.717) is 32.9 Å². The van der Waals surface area contributed by atoms with Crippen LogP contribution in [0.5, 0.6) is 0 Å². The number of carbonyl (C=O) groups is 1. The van der Waals surface area contributed by atoms with Crippen molar-refractivity contribution in [2.24, 2.45) is 5.73 Å². The van der Waals surface area contributed by atoms with Crippen LogP contribution in [0.4, 0.5) is 5.69 Å². The van der Waals surface area contributed by atoms with Gasteiger partial charge in [-0.05, 0) is 49.4 Å². The second-order valence-electron chi connectivity index (χ2n) is 4.99. The van der Waals surface area contributed by atoms with E-state index in [-0.39, 0.29) is 11.9 Å². The summed E-state index contributed by atoms with van der Waals surface area (Å²) in [4.78, 5) is 14.4. The third kappa shape index (κ3) is 4.14. The highest BCUT2D eigenvalue weighted by atomic mass is 35.5. The summed E-state index contributed by atoms with van der Waals surface area (Å²) >= 11 is 17.9. The van der Waals surface area contributed by atoms with Crippen molar-refractivity contribution in [1.29, 1.82) is 0 Å². The molecule has 0 saturated carbocycles. The van der Waals surface area contributed by atoms with Crippen LogP contribution in [-0.4, -0.2) is 18.5 Å². The predicted octanol–water partition coefficient (Wildman–Crippen LogP) is 4.64. The van der Waals surface area contributed by atoms with Crippen LogP contribution in [0.3, 0.4) is 0 Å². The van der Waals surface area contributed by atoms with Crippen LogP contribution >= 0.6 is 34.8 Å². The Morgan fingerprint density at radius 3 is 2.23 bits per heavy atom. The Bertz CT molecular complexity index is 672. The second-order valence-corrected chi connectivity index (χ2v) is 6.27. The molecule has 2 N–H and O–H groups in total. The summed E-state index contributed by atoms with van der Waals surface area (Å²) in [6, 6.07) is 11.6. The van der Waals surface area contributed by atoms with Crippen molar-refractivity contribution in [2.45, 2.75) is 13.0 Å². The minimum atomic E-state index is -0.235. The van der Waals surface area contributed by atoms with E-state index in [1.807, 2.05) is 6.92 Å². The standard InChI is InChI=1S/C16H15Cl3N2O/c1-10(20)9-21(13-5-2-11(17)3-6-13)16(22)14-7-4-12(18)8-15(14)19/h2-8,10H,9,20H2,1H3. The van der Waals surface area contributed by atoms with Gasteiger partial charge in [0.05, 0.1) is 10.6 Å². The van der Waals surface area contributed by atoms with Gasteiger partial charge in [-0.15, -0.1) is 0 Å². The maximum atomic E-state index is 12.8. The first-order valence-electron chi connectivity index (χ1n) is 6.66. The van der Waals surface area contributed by atoms with Gasteiger partial charge in [0, 0.05) is 28.3 Å². The molecule has 0 radical (unpaired) electrons. The van der Waals surface area contributed by atoms with Crippen molar-refractivity contribution in [3.63, 3.8) is 0 Å². The maximum absolute atomic E-state index is 12.8.